The molecule has 2 aliphatic heterocycles. The molecule has 1 unspecified atom stereocenters. The van der Waals surface area contributed by atoms with Crippen LogP contribution in [0.3, 0.4) is 0 Å². The molecule has 0 spiro atoms. The monoisotopic (exact) mass is 507 g/mol. The van der Waals surface area contributed by atoms with E-state index in [0.717, 1.165) is 18.4 Å². The molecule has 2 aromatic carbocycles. The maximum Gasteiger partial charge on any atom is 0.259 e. The van der Waals surface area contributed by atoms with Gasteiger partial charge in [0.1, 0.15) is 17.6 Å². The average Bonchev–Trinajstić information content (AvgIpc) is 3.23. The third-order valence-electron chi connectivity index (χ3n) is 5.75. The lowest BCUT2D eigenvalue weighted by Gasteiger charge is -2.25. The minimum atomic E-state index is -0.665. The lowest BCUT2D eigenvalue weighted by molar-refractivity contribution is -0.125. The summed E-state index contributed by atoms with van der Waals surface area (Å²) >= 11 is 1.17. The van der Waals surface area contributed by atoms with E-state index < -0.39 is 6.04 Å². The van der Waals surface area contributed by atoms with Gasteiger partial charge in [-0.25, -0.2) is 9.89 Å². The minimum Gasteiger partial charge on any atom is -0.497 e. The molecular formula is C26H29N5O4S. The molecule has 2 aromatic rings. The van der Waals surface area contributed by atoms with Gasteiger partial charge in [0.15, 0.2) is 5.17 Å². The first-order valence-corrected chi connectivity index (χ1v) is 12.9. The molecule has 3 amide bonds. The number of amidine groups is 2. The van der Waals surface area contributed by atoms with Crippen molar-refractivity contribution in [3.05, 3.63) is 54.1 Å². The molecule has 188 valence electrons. The predicted molar refractivity (Wildman–Crippen MR) is 142 cm³/mol. The van der Waals surface area contributed by atoms with Crippen molar-refractivity contribution in [1.29, 1.82) is 0 Å². The fraction of sp³-hybridized carbons (Fsp3) is 0.346. The summed E-state index contributed by atoms with van der Waals surface area (Å²) in [6, 6.07) is 13.8. The van der Waals surface area contributed by atoms with Gasteiger partial charge < -0.3 is 15.4 Å². The molecule has 0 aliphatic carbocycles. The van der Waals surface area contributed by atoms with Crippen LogP contribution >= 0.6 is 11.8 Å². The second kappa shape index (κ2) is 11.9. The quantitative estimate of drug-likeness (QED) is 0.476. The molecule has 36 heavy (non-hydrogen) atoms. The van der Waals surface area contributed by atoms with Crippen LogP contribution in [0.4, 0.5) is 11.4 Å². The second-order valence-electron chi connectivity index (χ2n) is 8.36. The van der Waals surface area contributed by atoms with Crippen molar-refractivity contribution in [2.24, 2.45) is 9.98 Å². The second-order valence-corrected chi connectivity index (χ2v) is 9.30. The number of nitrogens with zero attached hydrogens (tertiary/aromatic N) is 3. The number of hydrogen-bond donors (Lipinski definition) is 2. The highest BCUT2D eigenvalue weighted by molar-refractivity contribution is 8.14. The number of anilines is 1. The van der Waals surface area contributed by atoms with Crippen LogP contribution in [-0.2, 0) is 14.4 Å². The van der Waals surface area contributed by atoms with Crippen LogP contribution in [0.5, 0.6) is 5.75 Å². The Morgan fingerprint density at radius 3 is 2.64 bits per heavy atom. The molecule has 10 heteroatoms. The van der Waals surface area contributed by atoms with Gasteiger partial charge in [-0.1, -0.05) is 37.2 Å². The Bertz CT molecular complexity index is 1200. The maximum atomic E-state index is 13.3. The van der Waals surface area contributed by atoms with E-state index in [-0.39, 0.29) is 29.9 Å². The summed E-state index contributed by atoms with van der Waals surface area (Å²) in [5.41, 5.74) is 2.10. The van der Waals surface area contributed by atoms with E-state index in [1.165, 1.54) is 16.7 Å². The summed E-state index contributed by atoms with van der Waals surface area (Å²) < 4.78 is 5.14. The topological polar surface area (TPSA) is 112 Å². The van der Waals surface area contributed by atoms with Crippen molar-refractivity contribution in [3.8, 4) is 5.75 Å². The first-order valence-electron chi connectivity index (χ1n) is 11.9. The van der Waals surface area contributed by atoms with Crippen LogP contribution < -0.4 is 15.4 Å². The Hall–Kier alpha value is -3.66. The minimum absolute atomic E-state index is 0.0641. The fourth-order valence-corrected chi connectivity index (χ4v) is 4.65. The van der Waals surface area contributed by atoms with Gasteiger partial charge >= 0.3 is 0 Å². The average molecular weight is 508 g/mol. The lowest BCUT2D eigenvalue weighted by Crippen LogP contribution is -2.41. The maximum absolute atomic E-state index is 13.3. The molecule has 0 fully saturated rings. The van der Waals surface area contributed by atoms with Gasteiger partial charge in [-0.15, -0.1) is 0 Å². The summed E-state index contributed by atoms with van der Waals surface area (Å²) in [6.07, 6.45) is 2.45. The first-order chi connectivity index (χ1) is 17.5. The molecule has 9 nitrogen and oxygen atoms in total. The van der Waals surface area contributed by atoms with Crippen molar-refractivity contribution in [3.63, 3.8) is 0 Å². The molecule has 0 radical (unpaired) electrons. The van der Waals surface area contributed by atoms with Crippen LogP contribution in [0.2, 0.25) is 0 Å². The Morgan fingerprint density at radius 2 is 1.89 bits per heavy atom. The highest BCUT2D eigenvalue weighted by atomic mass is 32.2. The van der Waals surface area contributed by atoms with Gasteiger partial charge in [-0.3, -0.25) is 19.4 Å². The standard InChI is InChI=1S/C26H29N5O4S/c1-3-4-15-27-22(32)14-13-21-25(34)31-24(29-21)19-7-5-6-8-20(19)30-26(31)36-16-23(33)28-17-9-11-18(35-2)12-10-17/h5-12,21H,3-4,13-16H2,1-2H3,(H,27,32)(H,28,33). The molecule has 0 aromatic heterocycles. The van der Waals surface area contributed by atoms with Gasteiger partial charge in [-0.05, 0) is 49.2 Å². The number of nitrogens with one attached hydrogen (secondary N) is 2. The highest BCUT2D eigenvalue weighted by Gasteiger charge is 2.41. The van der Waals surface area contributed by atoms with Gasteiger partial charge in [0, 0.05) is 24.2 Å². The number of amides is 3. The Labute approximate surface area is 214 Å². The first kappa shape index (κ1) is 25.4. The van der Waals surface area contributed by atoms with E-state index in [4.69, 9.17) is 4.74 Å². The molecule has 2 N–H and O–H groups in total. The normalized spacial score (nSPS) is 16.0. The van der Waals surface area contributed by atoms with E-state index in [1.807, 2.05) is 24.3 Å². The van der Waals surface area contributed by atoms with Crippen LogP contribution in [0.1, 0.15) is 38.2 Å². The number of ether oxygens (including phenoxy) is 1. The number of fused-ring (bicyclic) bond motifs is 3. The van der Waals surface area contributed by atoms with E-state index >= 15 is 0 Å². The molecule has 0 saturated carbocycles. The largest absolute Gasteiger partial charge is 0.497 e. The molecular weight excluding hydrogens is 478 g/mol. The zero-order valence-corrected chi connectivity index (χ0v) is 21.1. The van der Waals surface area contributed by atoms with Crippen molar-refractivity contribution in [2.45, 2.75) is 38.6 Å². The molecule has 2 aliphatic rings. The van der Waals surface area contributed by atoms with E-state index in [1.54, 1.807) is 31.4 Å². The van der Waals surface area contributed by atoms with Gasteiger partial charge in [0.2, 0.25) is 11.8 Å². The van der Waals surface area contributed by atoms with Crippen LogP contribution in [0.15, 0.2) is 58.5 Å². The molecule has 0 bridgehead atoms. The van der Waals surface area contributed by atoms with Crippen molar-refractivity contribution in [1.82, 2.24) is 10.2 Å². The number of para-hydroxylation sites is 1. The Kier molecular flexibility index (Phi) is 8.37. The van der Waals surface area contributed by atoms with E-state index in [2.05, 4.69) is 27.5 Å². The fourth-order valence-electron chi connectivity index (χ4n) is 3.85. The highest BCUT2D eigenvalue weighted by Crippen LogP contribution is 2.34. The molecule has 2 heterocycles. The number of rotatable bonds is 10. The van der Waals surface area contributed by atoms with Gasteiger partial charge in [0.05, 0.1) is 18.6 Å². The van der Waals surface area contributed by atoms with E-state index in [0.29, 0.717) is 41.1 Å². The zero-order chi connectivity index (χ0) is 25.5. The summed E-state index contributed by atoms with van der Waals surface area (Å²) in [7, 11) is 1.58. The van der Waals surface area contributed by atoms with Crippen LogP contribution in [0.25, 0.3) is 0 Å². The summed E-state index contributed by atoms with van der Waals surface area (Å²) in [6.45, 7) is 2.70. The number of carbonyl (C=O) groups is 3. The van der Waals surface area contributed by atoms with Gasteiger partial charge in [0.25, 0.3) is 5.91 Å². The SMILES string of the molecule is CCCCNC(=O)CCC1N=C2c3ccccc3N=C(SCC(=O)Nc3ccc(OC)cc3)N2C1=O. The third-order valence-corrected chi connectivity index (χ3v) is 6.69. The number of methoxy groups -OCH3 is 1. The summed E-state index contributed by atoms with van der Waals surface area (Å²) in [5, 5.41) is 6.11. The smallest absolute Gasteiger partial charge is 0.259 e. The number of aliphatic imine (C=N–C) groups is 2. The predicted octanol–water partition coefficient (Wildman–Crippen LogP) is 3.72. The number of unbranched alkanes of at least 4 members (excludes halogenated alkanes) is 1. The Morgan fingerprint density at radius 1 is 1.11 bits per heavy atom. The number of carbonyl (C=O) groups excluding carboxylic acids is 3. The summed E-state index contributed by atoms with van der Waals surface area (Å²) in [5.74, 6) is 0.735. The third kappa shape index (κ3) is 5.93. The van der Waals surface area contributed by atoms with Crippen molar-refractivity contribution in [2.75, 3.05) is 24.7 Å². The van der Waals surface area contributed by atoms with Crippen LogP contribution in [0, 0.1) is 0 Å². The molecule has 0 saturated heterocycles. The van der Waals surface area contributed by atoms with Crippen LogP contribution in [-0.4, -0.2) is 59.1 Å². The number of thioether (sulfide) groups is 1. The van der Waals surface area contributed by atoms with Gasteiger partial charge in [-0.2, -0.15) is 0 Å². The van der Waals surface area contributed by atoms with Crippen molar-refractivity contribution >= 4 is 51.9 Å². The Balaban J connectivity index is 1.43. The summed E-state index contributed by atoms with van der Waals surface area (Å²) in [4.78, 5) is 48.8. The zero-order valence-electron chi connectivity index (χ0n) is 20.3. The molecule has 1 atom stereocenters. The number of benzene rings is 2. The number of hydrogen-bond acceptors (Lipinski definition) is 7. The van der Waals surface area contributed by atoms with E-state index in [9.17, 15) is 14.4 Å². The lowest BCUT2D eigenvalue weighted by atomic mass is 10.1. The van der Waals surface area contributed by atoms with Crippen molar-refractivity contribution < 1.29 is 19.1 Å². The molecule has 4 rings (SSSR count).